The van der Waals surface area contributed by atoms with Crippen molar-refractivity contribution in [1.82, 2.24) is 14.8 Å². The highest BCUT2D eigenvalue weighted by atomic mass is 32.1. The minimum atomic E-state index is -0.231. The Balaban J connectivity index is 2.05. The zero-order valence-electron chi connectivity index (χ0n) is 13.6. The summed E-state index contributed by atoms with van der Waals surface area (Å²) in [5.74, 6) is 0.465. The largest absolute Gasteiger partial charge is 0.491 e. The third kappa shape index (κ3) is 4.62. The van der Waals surface area contributed by atoms with Gasteiger partial charge in [0.1, 0.15) is 11.6 Å². The fraction of sp³-hybridized carbons (Fsp3) is 0.467. The van der Waals surface area contributed by atoms with Crippen LogP contribution in [-0.4, -0.2) is 27.8 Å². The predicted octanol–water partition coefficient (Wildman–Crippen LogP) is 1.85. The van der Waals surface area contributed by atoms with Crippen molar-refractivity contribution in [2.24, 2.45) is 5.92 Å². The first-order valence-electron chi connectivity index (χ1n) is 7.26. The average molecular weight is 336 g/mol. The van der Waals surface area contributed by atoms with E-state index in [4.69, 9.17) is 4.74 Å². The number of ether oxygens (including phenoxy) is 1. The molecule has 23 heavy (non-hydrogen) atoms. The van der Waals surface area contributed by atoms with E-state index in [1.807, 2.05) is 0 Å². The summed E-state index contributed by atoms with van der Waals surface area (Å²) in [6, 6.07) is 1.44. The first-order chi connectivity index (χ1) is 10.9. The Hall–Kier alpha value is -2.22. The molecule has 0 bridgehead atoms. The summed E-state index contributed by atoms with van der Waals surface area (Å²) >= 11 is 1.38. The van der Waals surface area contributed by atoms with E-state index >= 15 is 0 Å². The van der Waals surface area contributed by atoms with Gasteiger partial charge < -0.3 is 9.30 Å². The minimum absolute atomic E-state index is 0.0710. The molecule has 2 aromatic heterocycles. The average Bonchev–Trinajstić information content (AvgIpc) is 2.88. The molecule has 7 nitrogen and oxygen atoms in total. The van der Waals surface area contributed by atoms with Gasteiger partial charge in [-0.15, -0.1) is 10.2 Å². The lowest BCUT2D eigenvalue weighted by Crippen LogP contribution is -2.21. The molecule has 8 heteroatoms. The fourth-order valence-corrected chi connectivity index (χ4v) is 2.99. The molecular formula is C15H20N4O3S. The highest BCUT2D eigenvalue weighted by Gasteiger charge is 2.11. The van der Waals surface area contributed by atoms with Crippen LogP contribution in [0.5, 0.6) is 5.75 Å². The lowest BCUT2D eigenvalue weighted by Gasteiger charge is -2.11. The van der Waals surface area contributed by atoms with Crippen molar-refractivity contribution in [2.75, 3.05) is 12.4 Å². The van der Waals surface area contributed by atoms with Gasteiger partial charge in [-0.1, -0.05) is 25.2 Å². The van der Waals surface area contributed by atoms with Crippen LogP contribution < -0.4 is 15.5 Å². The van der Waals surface area contributed by atoms with Crippen LogP contribution in [0.3, 0.4) is 0 Å². The van der Waals surface area contributed by atoms with E-state index in [9.17, 15) is 9.59 Å². The molecule has 124 valence electrons. The van der Waals surface area contributed by atoms with Crippen LogP contribution in [0.25, 0.3) is 0 Å². The van der Waals surface area contributed by atoms with Gasteiger partial charge in [0, 0.05) is 18.2 Å². The molecule has 1 amide bonds. The Morgan fingerprint density at radius 1 is 1.43 bits per heavy atom. The molecule has 2 rings (SSSR count). The Bertz CT molecular complexity index is 751. The van der Waals surface area contributed by atoms with E-state index in [1.165, 1.54) is 30.7 Å². The van der Waals surface area contributed by atoms with Gasteiger partial charge in [-0.2, -0.15) is 0 Å². The number of anilines is 1. The minimum Gasteiger partial charge on any atom is -0.491 e. The molecule has 0 saturated heterocycles. The molecule has 0 unspecified atom stereocenters. The van der Waals surface area contributed by atoms with Gasteiger partial charge in [-0.3, -0.25) is 14.9 Å². The number of nitrogens with one attached hydrogen (secondary N) is 1. The Morgan fingerprint density at radius 3 is 2.83 bits per heavy atom. The summed E-state index contributed by atoms with van der Waals surface area (Å²) in [6.07, 6.45) is 2.37. The normalized spacial score (nSPS) is 10.8. The molecule has 0 radical (unpaired) electrons. The number of hydrogen-bond acceptors (Lipinski definition) is 6. The number of methoxy groups -OCH3 is 1. The first kappa shape index (κ1) is 17.1. The van der Waals surface area contributed by atoms with Crippen molar-refractivity contribution in [3.05, 3.63) is 33.2 Å². The van der Waals surface area contributed by atoms with Gasteiger partial charge in [0.2, 0.25) is 16.5 Å². The number of nitrogens with zero attached hydrogens (tertiary/aromatic N) is 3. The molecule has 0 aliphatic carbocycles. The Morgan fingerprint density at radius 2 is 2.17 bits per heavy atom. The number of aromatic nitrogens is 3. The van der Waals surface area contributed by atoms with E-state index in [2.05, 4.69) is 29.4 Å². The standard InChI is InChI=1S/C15H20N4O3S/c1-9(2)5-14-17-18-15(23-14)16-13(21)8-19-7-12(22-4)11(20)6-10(19)3/h6-7,9H,5,8H2,1-4H3,(H,16,18,21). The number of aryl methyl sites for hydroxylation is 1. The monoisotopic (exact) mass is 336 g/mol. The number of rotatable bonds is 6. The van der Waals surface area contributed by atoms with Crippen LogP contribution in [-0.2, 0) is 17.8 Å². The Kier molecular flexibility index (Phi) is 5.49. The van der Waals surface area contributed by atoms with Crippen molar-refractivity contribution in [3.8, 4) is 5.75 Å². The van der Waals surface area contributed by atoms with Crippen molar-refractivity contribution < 1.29 is 9.53 Å². The summed E-state index contributed by atoms with van der Waals surface area (Å²) in [5.41, 5.74) is 0.479. The van der Waals surface area contributed by atoms with Crippen molar-refractivity contribution in [2.45, 2.75) is 33.7 Å². The second-order valence-corrected chi connectivity index (χ2v) is 6.68. The molecule has 0 aliphatic rings. The molecule has 2 heterocycles. The molecule has 2 aromatic rings. The third-order valence-corrected chi connectivity index (χ3v) is 4.00. The zero-order chi connectivity index (χ0) is 17.0. The van der Waals surface area contributed by atoms with E-state index in [-0.39, 0.29) is 23.6 Å². The summed E-state index contributed by atoms with van der Waals surface area (Å²) in [4.78, 5) is 23.8. The van der Waals surface area contributed by atoms with Crippen LogP contribution in [0.4, 0.5) is 5.13 Å². The summed E-state index contributed by atoms with van der Waals surface area (Å²) in [5, 5.41) is 12.1. The molecule has 0 spiro atoms. The smallest absolute Gasteiger partial charge is 0.246 e. The van der Waals surface area contributed by atoms with E-state index in [0.29, 0.717) is 16.7 Å². The van der Waals surface area contributed by atoms with Crippen LogP contribution in [0.15, 0.2) is 17.1 Å². The maximum Gasteiger partial charge on any atom is 0.246 e. The molecule has 0 saturated carbocycles. The number of pyridine rings is 1. The topological polar surface area (TPSA) is 86.1 Å². The Labute approximate surface area is 138 Å². The summed E-state index contributed by atoms with van der Waals surface area (Å²) < 4.78 is 6.65. The van der Waals surface area contributed by atoms with Gasteiger partial charge >= 0.3 is 0 Å². The molecule has 0 aliphatic heterocycles. The fourth-order valence-electron chi connectivity index (χ4n) is 2.02. The van der Waals surface area contributed by atoms with E-state index in [1.54, 1.807) is 11.5 Å². The van der Waals surface area contributed by atoms with Gasteiger partial charge in [0.05, 0.1) is 13.3 Å². The summed E-state index contributed by atoms with van der Waals surface area (Å²) in [6.45, 7) is 6.04. The first-order valence-corrected chi connectivity index (χ1v) is 8.08. The van der Waals surface area contributed by atoms with E-state index < -0.39 is 0 Å². The third-order valence-electron chi connectivity index (χ3n) is 3.14. The van der Waals surface area contributed by atoms with Crippen molar-refractivity contribution >= 4 is 22.4 Å². The number of amides is 1. The van der Waals surface area contributed by atoms with Crippen LogP contribution in [0.2, 0.25) is 0 Å². The highest BCUT2D eigenvalue weighted by Crippen LogP contribution is 2.18. The summed E-state index contributed by atoms with van der Waals surface area (Å²) in [7, 11) is 1.42. The van der Waals surface area contributed by atoms with Crippen molar-refractivity contribution in [1.29, 1.82) is 0 Å². The van der Waals surface area contributed by atoms with E-state index in [0.717, 1.165) is 11.4 Å². The molecule has 0 atom stereocenters. The van der Waals surface area contributed by atoms with Crippen LogP contribution >= 0.6 is 11.3 Å². The number of hydrogen-bond donors (Lipinski definition) is 1. The highest BCUT2D eigenvalue weighted by molar-refractivity contribution is 7.15. The molecule has 1 N–H and O–H groups in total. The zero-order valence-corrected chi connectivity index (χ0v) is 14.4. The predicted molar refractivity (Wildman–Crippen MR) is 89.1 cm³/mol. The molecular weight excluding hydrogens is 316 g/mol. The quantitative estimate of drug-likeness (QED) is 0.870. The molecule has 0 aromatic carbocycles. The number of carbonyl (C=O) groups is 1. The maximum atomic E-state index is 12.1. The lowest BCUT2D eigenvalue weighted by atomic mass is 10.1. The van der Waals surface area contributed by atoms with Gasteiger partial charge in [-0.25, -0.2) is 0 Å². The second-order valence-electron chi connectivity index (χ2n) is 5.62. The van der Waals surface area contributed by atoms with Crippen LogP contribution in [0, 0.1) is 12.8 Å². The number of carbonyl (C=O) groups excluding carboxylic acids is 1. The maximum absolute atomic E-state index is 12.1. The van der Waals surface area contributed by atoms with Gasteiger partial charge in [-0.05, 0) is 12.8 Å². The van der Waals surface area contributed by atoms with Crippen molar-refractivity contribution in [3.63, 3.8) is 0 Å². The van der Waals surface area contributed by atoms with Gasteiger partial charge in [0.15, 0.2) is 5.75 Å². The second kappa shape index (κ2) is 7.36. The van der Waals surface area contributed by atoms with Gasteiger partial charge in [0.25, 0.3) is 0 Å². The SMILES string of the molecule is COc1cn(CC(=O)Nc2nnc(CC(C)C)s2)c(C)cc1=O. The van der Waals surface area contributed by atoms with Crippen LogP contribution in [0.1, 0.15) is 24.5 Å². The molecule has 0 fully saturated rings. The lowest BCUT2D eigenvalue weighted by molar-refractivity contribution is -0.116.